The van der Waals surface area contributed by atoms with E-state index >= 15 is 0 Å². The minimum Gasteiger partial charge on any atom is -0.493 e. The van der Waals surface area contributed by atoms with Gasteiger partial charge in [-0.1, -0.05) is 18.2 Å². The molecule has 3 aliphatic heterocycles. The molecule has 2 aromatic carbocycles. The molecule has 5 nitrogen and oxygen atoms in total. The van der Waals surface area contributed by atoms with E-state index in [0.29, 0.717) is 23.8 Å². The van der Waals surface area contributed by atoms with Gasteiger partial charge < -0.3 is 19.5 Å². The predicted octanol–water partition coefficient (Wildman–Crippen LogP) is 5.25. The van der Waals surface area contributed by atoms with Gasteiger partial charge in [0.2, 0.25) is 5.75 Å². The van der Waals surface area contributed by atoms with Gasteiger partial charge in [0.05, 0.1) is 20.3 Å². The highest BCUT2D eigenvalue weighted by Crippen LogP contribution is 2.47. The third-order valence-electron chi connectivity index (χ3n) is 5.22. The zero-order chi connectivity index (χ0) is 20.2. The molecule has 4 aliphatic rings. The first kappa shape index (κ1) is 18.9. The topological polar surface area (TPSA) is 63.5 Å². The van der Waals surface area contributed by atoms with Crippen molar-refractivity contribution in [1.82, 2.24) is 0 Å². The van der Waals surface area contributed by atoms with E-state index in [2.05, 4.69) is 23.5 Å². The third-order valence-corrected chi connectivity index (χ3v) is 5.22. The highest BCUT2D eigenvalue weighted by molar-refractivity contribution is 5.73. The van der Waals surface area contributed by atoms with Crippen LogP contribution in [-0.4, -0.2) is 20.3 Å². The molecule has 5 heteroatoms. The highest BCUT2D eigenvalue weighted by atomic mass is 16.5. The van der Waals surface area contributed by atoms with Crippen LogP contribution in [0.5, 0.6) is 17.2 Å². The standard InChI is InChI=1S/C18H19NO3.C6H5N/c1-20-16-11-13(5-3-4-10-19)14-8-9-15(12-6-7-12)22-17(14)18(16)21-2;1-2-5-4-6(3-1)7-5/h3-4,8-9,11-12,15H,5-7H2,1-2H3;1-4,7H. The van der Waals surface area contributed by atoms with Crippen LogP contribution in [0.3, 0.4) is 0 Å². The van der Waals surface area contributed by atoms with Crippen LogP contribution in [0.1, 0.15) is 24.0 Å². The summed E-state index contributed by atoms with van der Waals surface area (Å²) in [6, 6.07) is 12.2. The summed E-state index contributed by atoms with van der Waals surface area (Å²) in [5.74, 6) is 2.66. The third kappa shape index (κ3) is 4.07. The molecule has 1 saturated carbocycles. The van der Waals surface area contributed by atoms with E-state index in [1.54, 1.807) is 14.2 Å². The van der Waals surface area contributed by atoms with Gasteiger partial charge in [0.25, 0.3) is 0 Å². The van der Waals surface area contributed by atoms with Gasteiger partial charge >= 0.3 is 0 Å². The lowest BCUT2D eigenvalue weighted by molar-refractivity contribution is 0.209. The Kier molecular flexibility index (Phi) is 5.44. The maximum Gasteiger partial charge on any atom is 0.203 e. The number of allylic oxidation sites excluding steroid dienone is 2. The summed E-state index contributed by atoms with van der Waals surface area (Å²) in [5.41, 5.74) is 4.54. The summed E-state index contributed by atoms with van der Waals surface area (Å²) in [5, 5.41) is 11.8. The fraction of sp³-hybridized carbons (Fsp3) is 0.292. The molecule has 148 valence electrons. The Morgan fingerprint density at radius 3 is 2.48 bits per heavy atom. The molecule has 3 heterocycles. The van der Waals surface area contributed by atoms with Gasteiger partial charge in [0.15, 0.2) is 11.5 Å². The van der Waals surface area contributed by atoms with Gasteiger partial charge in [-0.2, -0.15) is 5.26 Å². The van der Waals surface area contributed by atoms with Crippen LogP contribution in [0.15, 0.2) is 48.6 Å². The molecule has 2 aromatic rings. The van der Waals surface area contributed by atoms with Crippen molar-refractivity contribution in [2.45, 2.75) is 25.4 Å². The zero-order valence-corrected chi connectivity index (χ0v) is 16.6. The van der Waals surface area contributed by atoms with Crippen LogP contribution in [-0.2, 0) is 6.42 Å². The number of fused-ring (bicyclic) bond motifs is 3. The van der Waals surface area contributed by atoms with Crippen LogP contribution in [0.25, 0.3) is 6.08 Å². The minimum atomic E-state index is 0.121. The largest absolute Gasteiger partial charge is 0.493 e. The number of ether oxygens (including phenoxy) is 3. The number of nitrogens with one attached hydrogen (secondary N) is 1. The molecule has 1 unspecified atom stereocenters. The first-order valence-electron chi connectivity index (χ1n) is 9.78. The average molecular weight is 388 g/mol. The van der Waals surface area contributed by atoms with Crippen molar-refractivity contribution < 1.29 is 14.2 Å². The number of nitriles is 1. The van der Waals surface area contributed by atoms with Crippen LogP contribution >= 0.6 is 0 Å². The van der Waals surface area contributed by atoms with Crippen molar-refractivity contribution in [2.75, 3.05) is 19.5 Å². The highest BCUT2D eigenvalue weighted by Gasteiger charge is 2.35. The van der Waals surface area contributed by atoms with Gasteiger partial charge in [0.1, 0.15) is 6.10 Å². The Morgan fingerprint density at radius 1 is 1.21 bits per heavy atom. The number of nitrogens with zero attached hydrogens (tertiary/aromatic N) is 1. The number of rotatable bonds is 5. The molecule has 1 fully saturated rings. The molecule has 1 atom stereocenters. The number of benzene rings is 2. The van der Waals surface area contributed by atoms with Crippen molar-refractivity contribution in [3.8, 4) is 23.3 Å². The molecule has 1 N–H and O–H groups in total. The van der Waals surface area contributed by atoms with Crippen LogP contribution in [0.2, 0.25) is 0 Å². The van der Waals surface area contributed by atoms with E-state index in [1.807, 2.05) is 36.4 Å². The Balaban J connectivity index is 0.000000243. The van der Waals surface area contributed by atoms with Crippen LogP contribution in [0, 0.1) is 17.2 Å². The summed E-state index contributed by atoms with van der Waals surface area (Å²) in [4.78, 5) is 0. The lowest BCUT2D eigenvalue weighted by Crippen LogP contribution is -2.20. The predicted molar refractivity (Wildman–Crippen MR) is 114 cm³/mol. The summed E-state index contributed by atoms with van der Waals surface area (Å²) >= 11 is 0. The maximum absolute atomic E-state index is 8.65. The Labute approximate surface area is 171 Å². The Hall–Kier alpha value is -3.39. The Bertz CT molecular complexity index is 975. The molecule has 29 heavy (non-hydrogen) atoms. The summed E-state index contributed by atoms with van der Waals surface area (Å²) < 4.78 is 17.1. The molecule has 2 bridgehead atoms. The van der Waals surface area contributed by atoms with Crippen molar-refractivity contribution in [2.24, 2.45) is 5.92 Å². The summed E-state index contributed by atoms with van der Waals surface area (Å²) in [6.45, 7) is 0. The molecule has 0 aromatic heterocycles. The molecular weight excluding hydrogens is 364 g/mol. The number of hydrogen-bond donors (Lipinski definition) is 1. The fourth-order valence-corrected chi connectivity index (χ4v) is 3.54. The second-order valence-electron chi connectivity index (χ2n) is 7.23. The normalized spacial score (nSPS) is 17.6. The summed E-state index contributed by atoms with van der Waals surface area (Å²) in [7, 11) is 3.25. The van der Waals surface area contributed by atoms with E-state index in [9.17, 15) is 0 Å². The lowest BCUT2D eigenvalue weighted by Gasteiger charge is -2.26. The van der Waals surface area contributed by atoms with E-state index in [1.165, 1.54) is 30.3 Å². The number of hydrogen-bond acceptors (Lipinski definition) is 5. The maximum atomic E-state index is 8.65. The summed E-state index contributed by atoms with van der Waals surface area (Å²) in [6.07, 6.45) is 10.8. The van der Waals surface area contributed by atoms with Gasteiger partial charge in [-0.15, -0.1) is 0 Å². The van der Waals surface area contributed by atoms with E-state index in [4.69, 9.17) is 19.5 Å². The number of anilines is 2. The van der Waals surface area contributed by atoms with Gasteiger partial charge in [0, 0.05) is 23.0 Å². The van der Waals surface area contributed by atoms with Gasteiger partial charge in [-0.3, -0.25) is 0 Å². The average Bonchev–Trinajstić information content (AvgIpc) is 3.59. The van der Waals surface area contributed by atoms with Crippen molar-refractivity contribution in [1.29, 1.82) is 5.26 Å². The molecule has 0 spiro atoms. The van der Waals surface area contributed by atoms with E-state index in [0.717, 1.165) is 16.9 Å². The number of methoxy groups -OCH3 is 2. The first-order chi connectivity index (χ1) is 14.2. The van der Waals surface area contributed by atoms with Gasteiger partial charge in [-0.05, 0) is 61.1 Å². The van der Waals surface area contributed by atoms with E-state index < -0.39 is 0 Å². The first-order valence-corrected chi connectivity index (χ1v) is 9.78. The van der Waals surface area contributed by atoms with Crippen LogP contribution < -0.4 is 19.5 Å². The second-order valence-corrected chi connectivity index (χ2v) is 7.23. The molecule has 0 saturated heterocycles. The zero-order valence-electron chi connectivity index (χ0n) is 16.6. The quantitative estimate of drug-likeness (QED) is 0.605. The molecule has 6 rings (SSSR count). The molecule has 1 aliphatic carbocycles. The second kappa shape index (κ2) is 8.32. The molecular formula is C24H24N2O3. The van der Waals surface area contributed by atoms with Crippen molar-refractivity contribution in [3.63, 3.8) is 0 Å². The SMILES string of the molecule is COc1cc(CC=CC#N)c2c(c1OC)OC(C1CC1)C=C2.c1cc2cc(c1)N2. The molecule has 0 radical (unpaired) electrons. The van der Waals surface area contributed by atoms with E-state index in [-0.39, 0.29) is 6.10 Å². The minimum absolute atomic E-state index is 0.121. The van der Waals surface area contributed by atoms with Crippen molar-refractivity contribution in [3.05, 3.63) is 59.7 Å². The smallest absolute Gasteiger partial charge is 0.203 e. The van der Waals surface area contributed by atoms with Crippen LogP contribution in [0.4, 0.5) is 11.4 Å². The lowest BCUT2D eigenvalue weighted by atomic mass is 9.98. The van der Waals surface area contributed by atoms with Gasteiger partial charge in [-0.25, -0.2) is 0 Å². The monoisotopic (exact) mass is 388 g/mol. The Morgan fingerprint density at radius 2 is 1.97 bits per heavy atom. The fourth-order valence-electron chi connectivity index (χ4n) is 3.54. The van der Waals surface area contributed by atoms with Crippen molar-refractivity contribution >= 4 is 17.5 Å². The molecule has 0 amide bonds.